The minimum atomic E-state index is 0. The van der Waals surface area contributed by atoms with E-state index in [1.807, 2.05) is 30.3 Å². The van der Waals surface area contributed by atoms with E-state index in [1.54, 1.807) is 0 Å². The largest absolute Gasteiger partial charge is 1.00 e. The Morgan fingerprint density at radius 3 is 1.59 bits per heavy atom. The number of fused-ring (bicyclic) bond motifs is 3. The predicted octanol–water partition coefficient (Wildman–Crippen LogP) is 5.17. The maximum absolute atomic E-state index is 3.53. The van der Waals surface area contributed by atoms with Crippen LogP contribution >= 0.6 is 0 Å². The van der Waals surface area contributed by atoms with Crippen molar-refractivity contribution in [2.24, 2.45) is 0 Å². The van der Waals surface area contributed by atoms with Crippen LogP contribution in [-0.4, -0.2) is 3.21 Å². The maximum Gasteiger partial charge on any atom is -0.172 e. The molecule has 1 aliphatic carbocycles. The van der Waals surface area contributed by atoms with Gasteiger partial charge in [-0.1, -0.05) is 76.3 Å². The van der Waals surface area contributed by atoms with Crippen LogP contribution in [0.3, 0.4) is 0 Å². The Morgan fingerprint density at radius 2 is 1.09 bits per heavy atom. The van der Waals surface area contributed by atoms with Crippen molar-refractivity contribution in [1.29, 1.82) is 0 Å². The molecule has 0 aliphatic heterocycles. The van der Waals surface area contributed by atoms with Crippen molar-refractivity contribution in [1.82, 2.24) is 0 Å². The molecular weight excluding hydrogens is 679 g/mol. The van der Waals surface area contributed by atoms with E-state index in [0.717, 1.165) is 6.42 Å². The Labute approximate surface area is 306 Å². The minimum absolute atomic E-state index is 0. The minimum Gasteiger partial charge on any atom is -1.00 e. The van der Waals surface area contributed by atoms with Gasteiger partial charge in [-0.25, -0.2) is 12.1 Å². The first-order valence-corrected chi connectivity index (χ1v) is 17.0. The monoisotopic (exact) mass is 724 g/mol. The van der Waals surface area contributed by atoms with Crippen LogP contribution in [0.2, 0.25) is 0 Å². The van der Waals surface area contributed by atoms with Gasteiger partial charge in [-0.15, -0.1) is 5.56 Å². The van der Waals surface area contributed by atoms with Crippen molar-refractivity contribution in [2.45, 2.75) is 85.0 Å². The van der Waals surface area contributed by atoms with Crippen LogP contribution in [0.25, 0.3) is 11.1 Å². The second-order valence-corrected chi connectivity index (χ2v) is 16.1. The molecule has 0 fully saturated rings. The summed E-state index contributed by atoms with van der Waals surface area (Å²) in [5.41, 5.74) is 13.1. The zero-order chi connectivity index (χ0) is 32.1. The fourth-order valence-corrected chi connectivity index (χ4v) is 6.03. The van der Waals surface area contributed by atoms with E-state index in [9.17, 15) is 0 Å². The molecule has 0 bridgehead atoms. The van der Waals surface area contributed by atoms with Crippen molar-refractivity contribution >= 4 is 3.21 Å². The van der Waals surface area contributed by atoms with Gasteiger partial charge in [0, 0.05) is 0 Å². The number of hydrogen-bond acceptors (Lipinski definition) is 0. The van der Waals surface area contributed by atoms with Gasteiger partial charge < -0.3 is 24.8 Å². The van der Waals surface area contributed by atoms with E-state index in [4.69, 9.17) is 0 Å². The summed E-state index contributed by atoms with van der Waals surface area (Å²) in [6, 6.07) is 44.7. The van der Waals surface area contributed by atoms with Gasteiger partial charge in [0.05, 0.1) is 0 Å². The van der Waals surface area contributed by atoms with Crippen molar-refractivity contribution in [3.63, 3.8) is 0 Å². The van der Waals surface area contributed by atoms with Gasteiger partial charge in [-0.3, -0.25) is 0 Å². The number of benzene rings is 4. The fourth-order valence-electron chi connectivity index (χ4n) is 5.21. The van der Waals surface area contributed by atoms with Crippen LogP contribution in [0.1, 0.15) is 101 Å². The van der Waals surface area contributed by atoms with Gasteiger partial charge in [-0.2, -0.15) is 47.5 Å². The van der Waals surface area contributed by atoms with Crippen LogP contribution in [0.5, 0.6) is 0 Å². The van der Waals surface area contributed by atoms with Crippen LogP contribution in [-0.2, 0) is 46.9 Å². The molecule has 0 aromatic heterocycles. The first-order valence-electron chi connectivity index (χ1n) is 15.7. The molecule has 0 radical (unpaired) electrons. The third kappa shape index (κ3) is 10.5. The summed E-state index contributed by atoms with van der Waals surface area (Å²) >= 11 is 1.46. The normalized spacial score (nSPS) is 11.7. The maximum atomic E-state index is 3.53. The summed E-state index contributed by atoms with van der Waals surface area (Å²) < 4.78 is 1.42. The van der Waals surface area contributed by atoms with Gasteiger partial charge in [0.25, 0.3) is 0 Å². The second kappa shape index (κ2) is 16.6. The molecule has 0 saturated carbocycles. The van der Waals surface area contributed by atoms with Gasteiger partial charge in [0.2, 0.25) is 0 Å². The standard InChI is InChI=1S/C21H25.C17H18.C5H5.2ClH.Zr/c1-20(2,3)16-9-7-14-11-15-8-10-17(21(4,5)6)13-19(15)18(14)12-16;1-17(2,3)16-11-9-15(10-12-16)13-14-7-5-4-6-8-14;1-2-4-5-3-1;;;/h7,9-10,12-13H,11H2,1-6H3;4-12H,1-3H3;1-5H;2*1H;/q-1;;-1;;;+2/p-2. The molecule has 240 valence electrons. The van der Waals surface area contributed by atoms with Crippen LogP contribution in [0.15, 0.2) is 115 Å². The molecule has 1 aliphatic rings. The average Bonchev–Trinajstić information content (AvgIpc) is 3.68. The quantitative estimate of drug-likeness (QED) is 0.217. The Kier molecular flexibility index (Phi) is 14.3. The second-order valence-electron chi connectivity index (χ2n) is 14.9. The zero-order valence-corrected chi connectivity index (χ0v) is 32.9. The summed E-state index contributed by atoms with van der Waals surface area (Å²) in [5.74, 6) is 0. The molecular formula is C43H48Cl2Zr-2. The van der Waals surface area contributed by atoms with Crippen molar-refractivity contribution in [2.75, 3.05) is 0 Å². The first kappa shape index (κ1) is 39.7. The van der Waals surface area contributed by atoms with Crippen LogP contribution < -0.4 is 24.8 Å². The van der Waals surface area contributed by atoms with Crippen molar-refractivity contribution in [3.05, 3.63) is 160 Å². The van der Waals surface area contributed by atoms with Crippen LogP contribution in [0, 0.1) is 6.07 Å². The summed E-state index contributed by atoms with van der Waals surface area (Å²) in [4.78, 5) is 0. The van der Waals surface area contributed by atoms with Gasteiger partial charge in [0.1, 0.15) is 0 Å². The third-order valence-electron chi connectivity index (χ3n) is 8.18. The van der Waals surface area contributed by atoms with Crippen molar-refractivity contribution < 1.29 is 49.0 Å². The SMILES string of the molecule is CC(C)(C)c1c[c-]c2c(c1)-c1cc(C(C)(C)C)ccc1C2.CC(C)(C)c1ccc([C](=[Zr+2])c2ccccc2)cc1.[Cl-].[Cl-].c1cc[cH-]c1. The predicted molar refractivity (Wildman–Crippen MR) is 188 cm³/mol. The summed E-state index contributed by atoms with van der Waals surface area (Å²) in [7, 11) is 0. The van der Waals surface area contributed by atoms with E-state index < -0.39 is 0 Å². The molecule has 0 saturated heterocycles. The molecule has 46 heavy (non-hydrogen) atoms. The van der Waals surface area contributed by atoms with E-state index in [0.29, 0.717) is 0 Å². The first-order chi connectivity index (χ1) is 20.6. The fraction of sp³-hybridized carbons (Fsp3) is 0.302. The molecule has 0 heterocycles. The molecule has 0 atom stereocenters. The van der Waals surface area contributed by atoms with Gasteiger partial charge >= 0.3 is 125 Å². The Balaban J connectivity index is 0.000000270. The molecule has 5 aromatic rings. The molecule has 0 N–H and O–H groups in total. The van der Waals surface area contributed by atoms with E-state index in [-0.39, 0.29) is 41.1 Å². The number of halogens is 2. The molecule has 0 unspecified atom stereocenters. The molecule has 0 amide bonds. The Morgan fingerprint density at radius 1 is 0.587 bits per heavy atom. The average molecular weight is 727 g/mol. The topological polar surface area (TPSA) is 0 Å². The summed E-state index contributed by atoms with van der Waals surface area (Å²) in [6.45, 7) is 20.4. The van der Waals surface area contributed by atoms with E-state index in [1.165, 1.54) is 77.5 Å². The molecule has 0 nitrogen and oxygen atoms in total. The molecule has 0 spiro atoms. The summed E-state index contributed by atoms with van der Waals surface area (Å²) in [6.07, 6.45) is 1.03. The van der Waals surface area contributed by atoms with Gasteiger partial charge in [-0.05, 0) is 17.4 Å². The zero-order valence-electron chi connectivity index (χ0n) is 28.9. The number of hydrogen-bond donors (Lipinski definition) is 0. The van der Waals surface area contributed by atoms with Gasteiger partial charge in [0.15, 0.2) is 0 Å². The smallest absolute Gasteiger partial charge is 0.172 e. The number of rotatable bonds is 2. The molecule has 3 heteroatoms. The van der Waals surface area contributed by atoms with Crippen LogP contribution in [0.4, 0.5) is 0 Å². The third-order valence-corrected chi connectivity index (χ3v) is 9.60. The van der Waals surface area contributed by atoms with E-state index in [2.05, 4.69) is 153 Å². The molecule has 6 rings (SSSR count). The molecule has 5 aromatic carbocycles. The Hall–Kier alpha value is -2.44. The Bertz CT molecular complexity index is 1580. The van der Waals surface area contributed by atoms with Crippen molar-refractivity contribution in [3.8, 4) is 11.1 Å². The van der Waals surface area contributed by atoms with E-state index >= 15 is 0 Å². The summed E-state index contributed by atoms with van der Waals surface area (Å²) in [5, 5.41) is 0.